The van der Waals surface area contributed by atoms with Crippen molar-refractivity contribution < 1.29 is 9.90 Å². The third-order valence-corrected chi connectivity index (χ3v) is 3.47. The maximum absolute atomic E-state index is 11.9. The molecule has 1 aromatic rings. The minimum Gasteiger partial charge on any atom is -0.391 e. The third-order valence-electron chi connectivity index (χ3n) is 3.47. The van der Waals surface area contributed by atoms with Crippen molar-refractivity contribution >= 4 is 6.03 Å². The first-order chi connectivity index (χ1) is 9.60. The fourth-order valence-corrected chi connectivity index (χ4v) is 2.06. The predicted molar refractivity (Wildman–Crippen MR) is 74.8 cm³/mol. The van der Waals surface area contributed by atoms with Crippen LogP contribution >= 0.6 is 0 Å². The number of rotatable bonds is 5. The number of hydrogen-bond acceptors (Lipinski definition) is 3. The summed E-state index contributed by atoms with van der Waals surface area (Å²) in [4.78, 5) is 13.4. The van der Waals surface area contributed by atoms with Gasteiger partial charge in [-0.3, -0.25) is 0 Å². The molecule has 0 spiro atoms. The summed E-state index contributed by atoms with van der Waals surface area (Å²) in [5.41, 5.74) is 1.46. The summed E-state index contributed by atoms with van der Waals surface area (Å²) in [6.45, 7) is 0.729. The van der Waals surface area contributed by atoms with Crippen LogP contribution in [0.2, 0.25) is 0 Å². The fourth-order valence-electron chi connectivity index (χ4n) is 2.06. The number of aliphatic hydroxyl groups is 1. The van der Waals surface area contributed by atoms with Gasteiger partial charge in [0.2, 0.25) is 0 Å². The maximum atomic E-state index is 11.9. The average Bonchev–Trinajstić information content (AvgIpc) is 3.29. The van der Waals surface area contributed by atoms with Crippen LogP contribution in [-0.2, 0) is 6.54 Å². The number of nitrogens with one attached hydrogen (secondary N) is 1. The maximum Gasteiger partial charge on any atom is 0.317 e. The zero-order valence-electron chi connectivity index (χ0n) is 11.5. The molecule has 1 aromatic carbocycles. The number of likely N-dealkylation sites (N-methyl/N-ethyl adjacent to an activating group) is 1. The van der Waals surface area contributed by atoms with E-state index in [9.17, 15) is 9.90 Å². The Bertz CT molecular complexity index is 520. The largest absolute Gasteiger partial charge is 0.391 e. The number of aliphatic hydroxyl groups excluding tert-OH is 1. The molecule has 106 valence electrons. The van der Waals surface area contributed by atoms with Crippen molar-refractivity contribution in [3.63, 3.8) is 0 Å². The van der Waals surface area contributed by atoms with Crippen LogP contribution in [0.25, 0.3) is 0 Å². The summed E-state index contributed by atoms with van der Waals surface area (Å²) in [5, 5.41) is 21.4. The highest BCUT2D eigenvalue weighted by molar-refractivity contribution is 5.73. The smallest absolute Gasteiger partial charge is 0.317 e. The minimum atomic E-state index is -0.423. The molecule has 0 radical (unpaired) electrons. The number of carbonyl (C=O) groups is 1. The van der Waals surface area contributed by atoms with E-state index in [4.69, 9.17) is 5.26 Å². The first-order valence-corrected chi connectivity index (χ1v) is 6.76. The highest BCUT2D eigenvalue weighted by Crippen LogP contribution is 2.32. The topological polar surface area (TPSA) is 76.4 Å². The van der Waals surface area contributed by atoms with Crippen LogP contribution in [0.5, 0.6) is 0 Å². The van der Waals surface area contributed by atoms with Gasteiger partial charge in [0.1, 0.15) is 0 Å². The van der Waals surface area contributed by atoms with Gasteiger partial charge in [-0.25, -0.2) is 4.79 Å². The molecular weight excluding hydrogens is 254 g/mol. The minimum absolute atomic E-state index is 0.216. The molecule has 0 aliphatic heterocycles. The van der Waals surface area contributed by atoms with Crippen LogP contribution < -0.4 is 5.32 Å². The molecule has 5 nitrogen and oxygen atoms in total. The lowest BCUT2D eigenvalue weighted by molar-refractivity contribution is 0.113. The second-order valence-electron chi connectivity index (χ2n) is 5.26. The zero-order valence-corrected chi connectivity index (χ0v) is 11.5. The van der Waals surface area contributed by atoms with Gasteiger partial charge in [-0.05, 0) is 36.5 Å². The number of carbonyl (C=O) groups excluding carboxylic acids is 1. The van der Waals surface area contributed by atoms with Crippen molar-refractivity contribution in [1.82, 2.24) is 10.2 Å². The van der Waals surface area contributed by atoms with Crippen molar-refractivity contribution in [2.75, 3.05) is 13.6 Å². The SMILES string of the molecule is CN(CC(O)C1CC1)C(=O)NCc1cccc(C#N)c1. The van der Waals surface area contributed by atoms with E-state index in [1.54, 1.807) is 25.2 Å². The molecule has 5 heteroatoms. The molecule has 1 unspecified atom stereocenters. The van der Waals surface area contributed by atoms with Gasteiger partial charge in [-0.15, -0.1) is 0 Å². The summed E-state index contributed by atoms with van der Waals surface area (Å²) in [7, 11) is 1.67. The van der Waals surface area contributed by atoms with E-state index in [1.807, 2.05) is 6.07 Å². The van der Waals surface area contributed by atoms with Crippen molar-refractivity contribution in [2.45, 2.75) is 25.5 Å². The molecule has 20 heavy (non-hydrogen) atoms. The Kier molecular flexibility index (Phi) is 4.59. The number of amides is 2. The van der Waals surface area contributed by atoms with E-state index in [2.05, 4.69) is 11.4 Å². The number of hydrogen-bond donors (Lipinski definition) is 2. The predicted octanol–water partition coefficient (Wildman–Crippen LogP) is 1.47. The fraction of sp³-hybridized carbons (Fsp3) is 0.467. The number of urea groups is 1. The lowest BCUT2D eigenvalue weighted by Gasteiger charge is -2.21. The number of nitriles is 1. The molecular formula is C15H19N3O2. The van der Waals surface area contributed by atoms with Gasteiger partial charge in [0, 0.05) is 20.1 Å². The van der Waals surface area contributed by atoms with Gasteiger partial charge in [0.25, 0.3) is 0 Å². The van der Waals surface area contributed by atoms with E-state index in [0.717, 1.165) is 18.4 Å². The van der Waals surface area contributed by atoms with Crippen molar-refractivity contribution in [3.8, 4) is 6.07 Å². The van der Waals surface area contributed by atoms with Gasteiger partial charge in [-0.2, -0.15) is 5.26 Å². The molecule has 1 saturated carbocycles. The molecule has 0 aromatic heterocycles. The summed E-state index contributed by atoms with van der Waals surface area (Å²) < 4.78 is 0. The van der Waals surface area contributed by atoms with Crippen molar-refractivity contribution in [2.24, 2.45) is 5.92 Å². The normalized spacial score (nSPS) is 15.2. The zero-order chi connectivity index (χ0) is 14.5. The van der Waals surface area contributed by atoms with Crippen molar-refractivity contribution in [1.29, 1.82) is 5.26 Å². The number of benzene rings is 1. The second kappa shape index (κ2) is 6.40. The Hall–Kier alpha value is -2.06. The van der Waals surface area contributed by atoms with Gasteiger partial charge >= 0.3 is 6.03 Å². The van der Waals surface area contributed by atoms with Crippen LogP contribution in [0.1, 0.15) is 24.0 Å². The van der Waals surface area contributed by atoms with Crippen LogP contribution in [0, 0.1) is 17.2 Å². The van der Waals surface area contributed by atoms with E-state index in [1.165, 1.54) is 4.90 Å². The van der Waals surface area contributed by atoms with Crippen LogP contribution in [0.15, 0.2) is 24.3 Å². The Morgan fingerprint density at radius 1 is 1.60 bits per heavy atom. The summed E-state index contributed by atoms with van der Waals surface area (Å²) in [6.07, 6.45) is 1.68. The van der Waals surface area contributed by atoms with Gasteiger partial charge in [0.05, 0.1) is 17.7 Å². The van der Waals surface area contributed by atoms with Crippen LogP contribution in [-0.4, -0.2) is 35.7 Å². The molecule has 2 rings (SSSR count). The highest BCUT2D eigenvalue weighted by atomic mass is 16.3. The van der Waals surface area contributed by atoms with E-state index >= 15 is 0 Å². The molecule has 0 heterocycles. The summed E-state index contributed by atoms with van der Waals surface area (Å²) in [6, 6.07) is 8.98. The van der Waals surface area contributed by atoms with E-state index in [0.29, 0.717) is 24.6 Å². The molecule has 2 N–H and O–H groups in total. The molecule has 1 aliphatic carbocycles. The Morgan fingerprint density at radius 3 is 3.00 bits per heavy atom. The monoisotopic (exact) mass is 273 g/mol. The molecule has 0 bridgehead atoms. The third kappa shape index (κ3) is 3.97. The first-order valence-electron chi connectivity index (χ1n) is 6.76. The number of nitrogens with zero attached hydrogens (tertiary/aromatic N) is 2. The van der Waals surface area contributed by atoms with Crippen LogP contribution in [0.4, 0.5) is 4.79 Å². The molecule has 0 saturated heterocycles. The molecule has 2 amide bonds. The van der Waals surface area contributed by atoms with Gasteiger partial charge in [-0.1, -0.05) is 12.1 Å². The summed E-state index contributed by atoms with van der Waals surface area (Å²) in [5.74, 6) is 0.359. The lowest BCUT2D eigenvalue weighted by atomic mass is 10.1. The second-order valence-corrected chi connectivity index (χ2v) is 5.26. The standard InChI is InChI=1S/C15H19N3O2/c1-18(10-14(19)13-5-6-13)15(20)17-9-12-4-2-3-11(7-12)8-16/h2-4,7,13-14,19H,5-6,9-10H2,1H3,(H,17,20). The highest BCUT2D eigenvalue weighted by Gasteiger charge is 2.31. The Labute approximate surface area is 118 Å². The molecule has 1 fully saturated rings. The molecule has 1 aliphatic rings. The first kappa shape index (κ1) is 14.4. The Morgan fingerprint density at radius 2 is 2.35 bits per heavy atom. The quantitative estimate of drug-likeness (QED) is 0.853. The van der Waals surface area contributed by atoms with E-state index < -0.39 is 6.10 Å². The van der Waals surface area contributed by atoms with Gasteiger partial charge in [0.15, 0.2) is 0 Å². The summed E-state index contributed by atoms with van der Waals surface area (Å²) >= 11 is 0. The Balaban J connectivity index is 1.80. The average molecular weight is 273 g/mol. The van der Waals surface area contributed by atoms with Crippen LogP contribution in [0.3, 0.4) is 0 Å². The molecule has 1 atom stereocenters. The van der Waals surface area contributed by atoms with Gasteiger partial charge < -0.3 is 15.3 Å². The van der Waals surface area contributed by atoms with Crippen molar-refractivity contribution in [3.05, 3.63) is 35.4 Å². The lowest BCUT2D eigenvalue weighted by Crippen LogP contribution is -2.41. The van der Waals surface area contributed by atoms with E-state index in [-0.39, 0.29) is 6.03 Å².